The maximum absolute atomic E-state index is 4.30. The van der Waals surface area contributed by atoms with Crippen molar-refractivity contribution in [3.8, 4) is 0 Å². The normalized spacial score (nSPS) is 17.2. The number of hydrogen-bond acceptors (Lipinski definition) is 2. The predicted molar refractivity (Wildman–Crippen MR) is 88.3 cm³/mol. The lowest BCUT2D eigenvalue weighted by atomic mass is 10.0. The van der Waals surface area contributed by atoms with Gasteiger partial charge >= 0.3 is 0 Å². The van der Waals surface area contributed by atoms with E-state index in [2.05, 4.69) is 41.4 Å². The van der Waals surface area contributed by atoms with E-state index in [1.165, 1.54) is 38.5 Å². The molecule has 0 radical (unpaired) electrons. The minimum absolute atomic E-state index is 0.745. The minimum Gasteiger partial charge on any atom is -0.356 e. The molecule has 4 nitrogen and oxygen atoms in total. The topological polar surface area (TPSA) is 39.7 Å². The van der Waals surface area contributed by atoms with Crippen molar-refractivity contribution in [2.45, 2.75) is 58.4 Å². The van der Waals surface area contributed by atoms with Gasteiger partial charge < -0.3 is 15.5 Å². The molecule has 2 N–H and O–H groups in total. The molecule has 0 spiro atoms. The Balaban J connectivity index is 2.17. The SMILES string of the molecule is CCC(CC)CNC(=NC)NCCN(C)C1CCCC1. The van der Waals surface area contributed by atoms with Crippen LogP contribution in [0, 0.1) is 5.92 Å². The first-order valence-electron chi connectivity index (χ1n) is 8.36. The van der Waals surface area contributed by atoms with Gasteiger partial charge in [0.1, 0.15) is 0 Å². The molecule has 0 aromatic heterocycles. The van der Waals surface area contributed by atoms with Gasteiger partial charge in [-0.2, -0.15) is 0 Å². The van der Waals surface area contributed by atoms with Gasteiger partial charge in [0.25, 0.3) is 0 Å². The first kappa shape index (κ1) is 17.3. The molecule has 0 aliphatic heterocycles. The number of aliphatic imine (C=N–C) groups is 1. The Labute approximate surface area is 125 Å². The van der Waals surface area contributed by atoms with E-state index in [1.807, 2.05) is 7.05 Å². The third-order valence-corrected chi connectivity index (χ3v) is 4.64. The fourth-order valence-corrected chi connectivity index (χ4v) is 2.92. The number of likely N-dealkylation sites (N-methyl/N-ethyl adjacent to an activating group) is 1. The van der Waals surface area contributed by atoms with Crippen molar-refractivity contribution in [1.29, 1.82) is 0 Å². The Kier molecular flexibility index (Phi) is 8.67. The molecule has 0 amide bonds. The van der Waals surface area contributed by atoms with Crippen molar-refractivity contribution >= 4 is 5.96 Å². The highest BCUT2D eigenvalue weighted by molar-refractivity contribution is 5.79. The van der Waals surface area contributed by atoms with E-state index in [9.17, 15) is 0 Å². The Bertz CT molecular complexity index is 268. The Morgan fingerprint density at radius 3 is 2.40 bits per heavy atom. The zero-order valence-corrected chi connectivity index (χ0v) is 13.9. The summed E-state index contributed by atoms with van der Waals surface area (Å²) in [5.41, 5.74) is 0. The lowest BCUT2D eigenvalue weighted by Gasteiger charge is -2.24. The molecule has 118 valence electrons. The molecule has 0 atom stereocenters. The largest absolute Gasteiger partial charge is 0.356 e. The first-order valence-corrected chi connectivity index (χ1v) is 8.36. The third-order valence-electron chi connectivity index (χ3n) is 4.64. The van der Waals surface area contributed by atoms with Crippen LogP contribution in [0.2, 0.25) is 0 Å². The molecule has 1 fully saturated rings. The summed E-state index contributed by atoms with van der Waals surface area (Å²) in [5.74, 6) is 1.69. The van der Waals surface area contributed by atoms with Crippen molar-refractivity contribution in [2.75, 3.05) is 33.7 Å². The minimum atomic E-state index is 0.745. The molecule has 1 saturated carbocycles. The van der Waals surface area contributed by atoms with Crippen molar-refractivity contribution in [3.63, 3.8) is 0 Å². The number of nitrogens with zero attached hydrogens (tertiary/aromatic N) is 2. The summed E-state index contributed by atoms with van der Waals surface area (Å²) in [5, 5.41) is 6.86. The molecular formula is C16H34N4. The van der Waals surface area contributed by atoms with Gasteiger partial charge in [0.15, 0.2) is 5.96 Å². The van der Waals surface area contributed by atoms with Crippen LogP contribution in [0.5, 0.6) is 0 Å². The highest BCUT2D eigenvalue weighted by Crippen LogP contribution is 2.21. The Hall–Kier alpha value is -0.770. The second-order valence-electron chi connectivity index (χ2n) is 5.98. The molecule has 1 aliphatic rings. The summed E-state index contributed by atoms with van der Waals surface area (Å²) in [6, 6.07) is 0.802. The molecule has 0 saturated heterocycles. The van der Waals surface area contributed by atoms with Gasteiger partial charge in [-0.15, -0.1) is 0 Å². The van der Waals surface area contributed by atoms with E-state index < -0.39 is 0 Å². The van der Waals surface area contributed by atoms with Gasteiger partial charge in [0.2, 0.25) is 0 Å². The van der Waals surface area contributed by atoms with Crippen LogP contribution in [0.25, 0.3) is 0 Å². The van der Waals surface area contributed by atoms with Crippen LogP contribution in [0.4, 0.5) is 0 Å². The summed E-state index contributed by atoms with van der Waals surface area (Å²) < 4.78 is 0. The number of guanidine groups is 1. The van der Waals surface area contributed by atoms with Gasteiger partial charge in [-0.05, 0) is 25.8 Å². The first-order chi connectivity index (χ1) is 9.71. The molecule has 0 aromatic carbocycles. The van der Waals surface area contributed by atoms with Crippen LogP contribution in [0.15, 0.2) is 4.99 Å². The van der Waals surface area contributed by atoms with Gasteiger partial charge in [-0.1, -0.05) is 39.5 Å². The second-order valence-corrected chi connectivity index (χ2v) is 5.98. The molecule has 1 aliphatic carbocycles. The van der Waals surface area contributed by atoms with Crippen molar-refractivity contribution in [2.24, 2.45) is 10.9 Å². The van der Waals surface area contributed by atoms with E-state index in [1.54, 1.807) is 0 Å². The molecule has 0 unspecified atom stereocenters. The lowest BCUT2D eigenvalue weighted by Crippen LogP contribution is -2.43. The zero-order valence-electron chi connectivity index (χ0n) is 13.9. The standard InChI is InChI=1S/C16H34N4/c1-5-14(6-2)13-19-16(17-3)18-11-12-20(4)15-9-7-8-10-15/h14-15H,5-13H2,1-4H3,(H2,17,18,19). The highest BCUT2D eigenvalue weighted by Gasteiger charge is 2.18. The van der Waals surface area contributed by atoms with E-state index in [-0.39, 0.29) is 0 Å². The Morgan fingerprint density at radius 1 is 1.20 bits per heavy atom. The van der Waals surface area contributed by atoms with Crippen LogP contribution in [-0.4, -0.2) is 50.6 Å². The maximum Gasteiger partial charge on any atom is 0.191 e. The molecule has 20 heavy (non-hydrogen) atoms. The lowest BCUT2D eigenvalue weighted by molar-refractivity contribution is 0.249. The number of nitrogens with one attached hydrogen (secondary N) is 2. The van der Waals surface area contributed by atoms with Crippen molar-refractivity contribution < 1.29 is 0 Å². The second kappa shape index (κ2) is 10.0. The van der Waals surface area contributed by atoms with E-state index >= 15 is 0 Å². The maximum atomic E-state index is 4.30. The smallest absolute Gasteiger partial charge is 0.191 e. The molecule has 0 heterocycles. The van der Waals surface area contributed by atoms with Gasteiger partial charge in [-0.3, -0.25) is 4.99 Å². The van der Waals surface area contributed by atoms with Crippen LogP contribution >= 0.6 is 0 Å². The predicted octanol–water partition coefficient (Wildman–Crippen LogP) is 2.46. The van der Waals surface area contributed by atoms with Crippen molar-refractivity contribution in [3.05, 3.63) is 0 Å². The van der Waals surface area contributed by atoms with Crippen LogP contribution < -0.4 is 10.6 Å². The average molecular weight is 282 g/mol. The fraction of sp³-hybridized carbons (Fsp3) is 0.938. The van der Waals surface area contributed by atoms with Crippen LogP contribution in [0.1, 0.15) is 52.4 Å². The van der Waals surface area contributed by atoms with E-state index in [0.717, 1.165) is 37.6 Å². The summed E-state index contributed by atoms with van der Waals surface area (Å²) in [6.07, 6.45) is 8.01. The van der Waals surface area contributed by atoms with Crippen LogP contribution in [-0.2, 0) is 0 Å². The molecular weight excluding hydrogens is 248 g/mol. The molecule has 0 aromatic rings. The Morgan fingerprint density at radius 2 is 1.85 bits per heavy atom. The van der Waals surface area contributed by atoms with Gasteiger partial charge in [0, 0.05) is 32.7 Å². The van der Waals surface area contributed by atoms with E-state index in [4.69, 9.17) is 0 Å². The monoisotopic (exact) mass is 282 g/mol. The van der Waals surface area contributed by atoms with Gasteiger partial charge in [0.05, 0.1) is 0 Å². The summed E-state index contributed by atoms with van der Waals surface area (Å²) in [7, 11) is 4.10. The molecule has 0 bridgehead atoms. The summed E-state index contributed by atoms with van der Waals surface area (Å²) >= 11 is 0. The van der Waals surface area contributed by atoms with Crippen molar-refractivity contribution in [1.82, 2.24) is 15.5 Å². The zero-order chi connectivity index (χ0) is 14.8. The average Bonchev–Trinajstić information content (AvgIpc) is 3.00. The third kappa shape index (κ3) is 6.12. The quantitative estimate of drug-likeness (QED) is 0.531. The molecule has 4 heteroatoms. The van der Waals surface area contributed by atoms with E-state index in [0.29, 0.717) is 0 Å². The van der Waals surface area contributed by atoms with Crippen LogP contribution in [0.3, 0.4) is 0 Å². The fourth-order valence-electron chi connectivity index (χ4n) is 2.92. The summed E-state index contributed by atoms with van der Waals surface area (Å²) in [6.45, 7) is 7.59. The van der Waals surface area contributed by atoms with Gasteiger partial charge in [-0.25, -0.2) is 0 Å². The highest BCUT2D eigenvalue weighted by atomic mass is 15.2. The molecule has 1 rings (SSSR count). The summed E-state index contributed by atoms with van der Waals surface area (Å²) in [4.78, 5) is 6.79. The number of hydrogen-bond donors (Lipinski definition) is 2. The number of rotatable bonds is 8.